The molecule has 0 radical (unpaired) electrons. The van der Waals surface area contributed by atoms with Gasteiger partial charge >= 0.3 is 0 Å². The Bertz CT molecular complexity index is 415. The average molecular weight is 205 g/mol. The summed E-state index contributed by atoms with van der Waals surface area (Å²) in [5.41, 5.74) is 8.16. The van der Waals surface area contributed by atoms with Gasteiger partial charge in [0.25, 0.3) is 0 Å². The lowest BCUT2D eigenvalue weighted by Crippen LogP contribution is -2.20. The second-order valence-corrected chi connectivity index (χ2v) is 3.85. The number of hydrogen-bond donors (Lipinski definition) is 2. The van der Waals surface area contributed by atoms with Crippen molar-refractivity contribution in [2.75, 3.05) is 24.2 Å². The highest BCUT2D eigenvalue weighted by atomic mass is 15.4. The van der Waals surface area contributed by atoms with Gasteiger partial charge in [-0.15, -0.1) is 5.10 Å². The number of aromatic amines is 1. The highest BCUT2D eigenvalue weighted by Gasteiger charge is 2.10. The molecule has 5 nitrogen and oxygen atoms in total. The van der Waals surface area contributed by atoms with E-state index in [1.54, 1.807) is 0 Å². The molecule has 1 aliphatic rings. The Hall–Kier alpha value is -1.78. The summed E-state index contributed by atoms with van der Waals surface area (Å²) in [6, 6.07) is 0. The monoisotopic (exact) mass is 205 g/mol. The highest BCUT2D eigenvalue weighted by Crippen LogP contribution is 2.18. The third-order valence-electron chi connectivity index (χ3n) is 2.37. The van der Waals surface area contributed by atoms with Crippen LogP contribution in [0.4, 0.5) is 11.9 Å². The minimum absolute atomic E-state index is 0.351. The molecule has 0 saturated heterocycles. The van der Waals surface area contributed by atoms with Crippen LogP contribution in [0.5, 0.6) is 0 Å². The van der Waals surface area contributed by atoms with Crippen LogP contribution in [0.2, 0.25) is 0 Å². The van der Waals surface area contributed by atoms with Gasteiger partial charge in [-0.25, -0.2) is 5.10 Å². The second-order valence-electron chi connectivity index (χ2n) is 3.85. The molecular formula is C10H15N5. The van der Waals surface area contributed by atoms with Crippen molar-refractivity contribution < 1.29 is 0 Å². The molecule has 0 aliphatic heterocycles. The van der Waals surface area contributed by atoms with E-state index in [1.807, 2.05) is 11.9 Å². The molecule has 0 spiro atoms. The van der Waals surface area contributed by atoms with E-state index in [0.29, 0.717) is 11.9 Å². The van der Waals surface area contributed by atoms with E-state index >= 15 is 0 Å². The first-order valence-electron chi connectivity index (χ1n) is 4.90. The minimum atomic E-state index is 0.351. The van der Waals surface area contributed by atoms with Crippen LogP contribution < -0.4 is 10.6 Å². The SMILES string of the molecule is CC1=CC(CN(C)c2n[nH]c(N)n2)=CC1. The Morgan fingerprint density at radius 1 is 1.60 bits per heavy atom. The molecule has 3 N–H and O–H groups in total. The third kappa shape index (κ3) is 2.18. The molecule has 1 aromatic rings. The Balaban J connectivity index is 2.01. The normalized spacial score (nSPS) is 15.1. The molecule has 0 unspecified atom stereocenters. The molecule has 15 heavy (non-hydrogen) atoms. The molecule has 0 fully saturated rings. The number of nitrogens with two attached hydrogens (primary N) is 1. The van der Waals surface area contributed by atoms with Crippen LogP contribution in [0.25, 0.3) is 0 Å². The number of nitrogens with one attached hydrogen (secondary N) is 1. The van der Waals surface area contributed by atoms with Gasteiger partial charge in [-0.1, -0.05) is 17.7 Å². The second kappa shape index (κ2) is 3.76. The number of likely N-dealkylation sites (N-methyl/N-ethyl adjacent to an activating group) is 1. The van der Waals surface area contributed by atoms with E-state index in [4.69, 9.17) is 5.73 Å². The molecule has 1 aromatic heterocycles. The Labute approximate surface area is 88.7 Å². The minimum Gasteiger partial charge on any atom is -0.368 e. The molecule has 2 rings (SSSR count). The van der Waals surface area contributed by atoms with Gasteiger partial charge in [-0.05, 0) is 18.9 Å². The van der Waals surface area contributed by atoms with Crippen LogP contribution >= 0.6 is 0 Å². The van der Waals surface area contributed by atoms with E-state index in [-0.39, 0.29) is 0 Å². The number of rotatable bonds is 3. The van der Waals surface area contributed by atoms with Crippen molar-refractivity contribution in [3.63, 3.8) is 0 Å². The van der Waals surface area contributed by atoms with Crippen LogP contribution in [0.15, 0.2) is 23.3 Å². The van der Waals surface area contributed by atoms with Crippen molar-refractivity contribution in [2.24, 2.45) is 0 Å². The van der Waals surface area contributed by atoms with Gasteiger partial charge in [-0.3, -0.25) is 0 Å². The van der Waals surface area contributed by atoms with Crippen molar-refractivity contribution in [3.05, 3.63) is 23.3 Å². The summed E-state index contributed by atoms with van der Waals surface area (Å²) in [5.74, 6) is 0.982. The summed E-state index contributed by atoms with van der Waals surface area (Å²) < 4.78 is 0. The zero-order valence-corrected chi connectivity index (χ0v) is 8.99. The van der Waals surface area contributed by atoms with Crippen LogP contribution in [0, 0.1) is 0 Å². The molecule has 1 aliphatic carbocycles. The van der Waals surface area contributed by atoms with Crippen molar-refractivity contribution in [3.8, 4) is 0 Å². The summed E-state index contributed by atoms with van der Waals surface area (Å²) in [6.45, 7) is 2.95. The lowest BCUT2D eigenvalue weighted by molar-refractivity contribution is 0.929. The van der Waals surface area contributed by atoms with E-state index < -0.39 is 0 Å². The van der Waals surface area contributed by atoms with Gasteiger partial charge in [0.05, 0.1) is 0 Å². The molecule has 0 amide bonds. The molecule has 0 saturated carbocycles. The van der Waals surface area contributed by atoms with E-state index in [9.17, 15) is 0 Å². The van der Waals surface area contributed by atoms with Gasteiger partial charge in [0.15, 0.2) is 0 Å². The molecular weight excluding hydrogens is 190 g/mol. The van der Waals surface area contributed by atoms with E-state index in [1.165, 1.54) is 11.1 Å². The summed E-state index contributed by atoms with van der Waals surface area (Å²) in [7, 11) is 1.95. The maximum Gasteiger partial charge on any atom is 0.246 e. The smallest absolute Gasteiger partial charge is 0.246 e. The molecule has 1 heterocycles. The molecule has 5 heteroatoms. The van der Waals surface area contributed by atoms with Gasteiger partial charge in [0.2, 0.25) is 11.9 Å². The average Bonchev–Trinajstić information content (AvgIpc) is 2.75. The van der Waals surface area contributed by atoms with Gasteiger partial charge < -0.3 is 10.6 Å². The van der Waals surface area contributed by atoms with Crippen LogP contribution in [-0.2, 0) is 0 Å². The quantitative estimate of drug-likeness (QED) is 0.775. The van der Waals surface area contributed by atoms with Crippen molar-refractivity contribution in [1.82, 2.24) is 15.2 Å². The van der Waals surface area contributed by atoms with Crippen LogP contribution in [0.3, 0.4) is 0 Å². The number of anilines is 2. The third-order valence-corrected chi connectivity index (χ3v) is 2.37. The zero-order chi connectivity index (χ0) is 10.8. The number of H-pyrrole nitrogens is 1. The predicted octanol–water partition coefficient (Wildman–Crippen LogP) is 1.10. The first-order valence-corrected chi connectivity index (χ1v) is 4.90. The Morgan fingerprint density at radius 2 is 2.40 bits per heavy atom. The number of nitrogen functional groups attached to an aromatic ring is 1. The van der Waals surface area contributed by atoms with Crippen LogP contribution in [0.1, 0.15) is 13.3 Å². The first-order chi connectivity index (χ1) is 7.15. The summed E-state index contributed by atoms with van der Waals surface area (Å²) in [6.07, 6.45) is 5.48. The van der Waals surface area contributed by atoms with Gasteiger partial charge in [0, 0.05) is 13.6 Å². The fraction of sp³-hybridized carbons (Fsp3) is 0.400. The standard InChI is InChI=1S/C10H15N5/c1-7-3-4-8(5-7)6-15(2)10-12-9(11)13-14-10/h4-5H,3,6H2,1-2H3,(H3,11,12,13,14). The molecule has 0 aromatic carbocycles. The number of allylic oxidation sites excluding steroid dienone is 2. The lowest BCUT2D eigenvalue weighted by atomic mass is 10.2. The number of nitrogens with zero attached hydrogens (tertiary/aromatic N) is 3. The molecule has 0 bridgehead atoms. The molecule has 80 valence electrons. The number of aromatic nitrogens is 3. The summed E-state index contributed by atoms with van der Waals surface area (Å²) in [5, 5.41) is 6.62. The largest absolute Gasteiger partial charge is 0.368 e. The van der Waals surface area contributed by atoms with Gasteiger partial charge in [-0.2, -0.15) is 4.98 Å². The highest BCUT2D eigenvalue weighted by molar-refractivity contribution is 5.40. The topological polar surface area (TPSA) is 70.8 Å². The maximum absolute atomic E-state index is 5.46. The van der Waals surface area contributed by atoms with Crippen molar-refractivity contribution in [1.29, 1.82) is 0 Å². The van der Waals surface area contributed by atoms with Gasteiger partial charge in [0.1, 0.15) is 0 Å². The first kappa shape index (κ1) is 9.76. The van der Waals surface area contributed by atoms with E-state index in [0.717, 1.165) is 13.0 Å². The lowest BCUT2D eigenvalue weighted by Gasteiger charge is -2.14. The van der Waals surface area contributed by atoms with E-state index in [2.05, 4.69) is 34.3 Å². The summed E-state index contributed by atoms with van der Waals surface area (Å²) in [4.78, 5) is 6.03. The molecule has 0 atom stereocenters. The predicted molar refractivity (Wildman–Crippen MR) is 60.5 cm³/mol. The summed E-state index contributed by atoms with van der Waals surface area (Å²) >= 11 is 0. The zero-order valence-electron chi connectivity index (χ0n) is 8.99. The number of hydrogen-bond acceptors (Lipinski definition) is 4. The van der Waals surface area contributed by atoms with Crippen molar-refractivity contribution >= 4 is 11.9 Å². The van der Waals surface area contributed by atoms with Crippen LogP contribution in [-0.4, -0.2) is 28.8 Å². The maximum atomic E-state index is 5.46. The Morgan fingerprint density at radius 3 is 2.93 bits per heavy atom. The fourth-order valence-corrected chi connectivity index (χ4v) is 1.62. The van der Waals surface area contributed by atoms with Crippen molar-refractivity contribution in [2.45, 2.75) is 13.3 Å². The fourth-order valence-electron chi connectivity index (χ4n) is 1.62. The Kier molecular flexibility index (Phi) is 2.45.